The lowest BCUT2D eigenvalue weighted by Crippen LogP contribution is -2.39. The average molecular weight is 318 g/mol. The first-order valence-corrected chi connectivity index (χ1v) is 8.88. The third-order valence-corrected chi connectivity index (χ3v) is 5.31. The molecule has 6 heteroatoms. The SMILES string of the molecule is O=S(=O)(NC1CCCC(O)C1)c1ccc(CCCl)cc1. The van der Waals surface area contributed by atoms with E-state index in [1.807, 2.05) is 0 Å². The number of hydrogen-bond donors (Lipinski definition) is 2. The van der Waals surface area contributed by atoms with E-state index in [1.54, 1.807) is 24.3 Å². The van der Waals surface area contributed by atoms with Gasteiger partial charge in [0.2, 0.25) is 10.0 Å². The maximum absolute atomic E-state index is 12.3. The lowest BCUT2D eigenvalue weighted by molar-refractivity contribution is 0.117. The number of rotatable bonds is 5. The fraction of sp³-hybridized carbons (Fsp3) is 0.571. The fourth-order valence-corrected chi connectivity index (χ4v) is 4.00. The van der Waals surface area contributed by atoms with Gasteiger partial charge in [-0.1, -0.05) is 12.1 Å². The molecule has 1 saturated carbocycles. The van der Waals surface area contributed by atoms with E-state index in [0.717, 1.165) is 31.2 Å². The van der Waals surface area contributed by atoms with E-state index in [-0.39, 0.29) is 10.9 Å². The van der Waals surface area contributed by atoms with Gasteiger partial charge in [-0.15, -0.1) is 11.6 Å². The molecule has 0 radical (unpaired) electrons. The predicted octanol–water partition coefficient (Wildman–Crippen LogP) is 2.05. The van der Waals surface area contributed by atoms with Crippen molar-refractivity contribution in [1.82, 2.24) is 4.72 Å². The molecule has 2 rings (SSSR count). The van der Waals surface area contributed by atoms with Crippen molar-refractivity contribution in [3.63, 3.8) is 0 Å². The van der Waals surface area contributed by atoms with Crippen molar-refractivity contribution in [2.24, 2.45) is 0 Å². The summed E-state index contributed by atoms with van der Waals surface area (Å²) >= 11 is 5.65. The lowest BCUT2D eigenvalue weighted by Gasteiger charge is -2.26. The zero-order chi connectivity index (χ0) is 14.6. The van der Waals surface area contributed by atoms with Crippen molar-refractivity contribution in [3.8, 4) is 0 Å². The van der Waals surface area contributed by atoms with Crippen LogP contribution in [0.2, 0.25) is 0 Å². The average Bonchev–Trinajstić information content (AvgIpc) is 2.39. The molecule has 1 aliphatic rings. The highest BCUT2D eigenvalue weighted by molar-refractivity contribution is 7.89. The topological polar surface area (TPSA) is 66.4 Å². The first-order chi connectivity index (χ1) is 9.51. The van der Waals surface area contributed by atoms with Crippen molar-refractivity contribution in [1.29, 1.82) is 0 Å². The van der Waals surface area contributed by atoms with E-state index in [4.69, 9.17) is 11.6 Å². The van der Waals surface area contributed by atoms with Gasteiger partial charge in [0.25, 0.3) is 0 Å². The van der Waals surface area contributed by atoms with Crippen LogP contribution in [-0.4, -0.2) is 31.6 Å². The zero-order valence-corrected chi connectivity index (χ0v) is 12.8. The highest BCUT2D eigenvalue weighted by atomic mass is 35.5. The van der Waals surface area contributed by atoms with Gasteiger partial charge in [-0.2, -0.15) is 0 Å². The Balaban J connectivity index is 2.05. The second-order valence-electron chi connectivity index (χ2n) is 5.22. The van der Waals surface area contributed by atoms with Crippen LogP contribution in [0, 0.1) is 0 Å². The summed E-state index contributed by atoms with van der Waals surface area (Å²) in [5.74, 6) is 0.518. The van der Waals surface area contributed by atoms with Crippen molar-refractivity contribution in [3.05, 3.63) is 29.8 Å². The van der Waals surface area contributed by atoms with Crippen molar-refractivity contribution in [2.45, 2.75) is 49.1 Å². The van der Waals surface area contributed by atoms with Crippen LogP contribution in [0.15, 0.2) is 29.2 Å². The van der Waals surface area contributed by atoms with Gasteiger partial charge in [-0.3, -0.25) is 0 Å². The molecule has 2 atom stereocenters. The number of aliphatic hydroxyl groups excluding tert-OH is 1. The highest BCUT2D eigenvalue weighted by Crippen LogP contribution is 2.20. The monoisotopic (exact) mass is 317 g/mol. The summed E-state index contributed by atoms with van der Waals surface area (Å²) in [6.07, 6.45) is 3.20. The summed E-state index contributed by atoms with van der Waals surface area (Å²) in [7, 11) is -3.51. The molecule has 0 saturated heterocycles. The van der Waals surface area contributed by atoms with Crippen LogP contribution in [0.5, 0.6) is 0 Å². The quantitative estimate of drug-likeness (QED) is 0.817. The van der Waals surface area contributed by atoms with Crippen LogP contribution in [0.25, 0.3) is 0 Å². The molecular formula is C14H20ClNO3S. The van der Waals surface area contributed by atoms with Crippen molar-refractivity contribution in [2.75, 3.05) is 5.88 Å². The second kappa shape index (κ2) is 6.89. The zero-order valence-electron chi connectivity index (χ0n) is 11.3. The molecular weight excluding hydrogens is 298 g/mol. The van der Waals surface area contributed by atoms with Crippen molar-refractivity contribution >= 4 is 21.6 Å². The Labute approximate surface area is 125 Å². The molecule has 0 aliphatic heterocycles. The second-order valence-corrected chi connectivity index (χ2v) is 7.31. The summed E-state index contributed by atoms with van der Waals surface area (Å²) < 4.78 is 27.2. The Hall–Kier alpha value is -0.620. The molecule has 4 nitrogen and oxygen atoms in total. The fourth-order valence-electron chi connectivity index (χ4n) is 2.50. The summed E-state index contributed by atoms with van der Waals surface area (Å²) in [6, 6.07) is 6.60. The van der Waals surface area contributed by atoms with Crippen LogP contribution in [0.3, 0.4) is 0 Å². The van der Waals surface area contributed by atoms with E-state index < -0.39 is 16.1 Å². The minimum absolute atomic E-state index is 0.175. The molecule has 0 heterocycles. The van der Waals surface area contributed by atoms with Gasteiger partial charge in [0.05, 0.1) is 11.0 Å². The molecule has 2 unspecified atom stereocenters. The molecule has 0 aromatic heterocycles. The largest absolute Gasteiger partial charge is 0.393 e. The summed E-state index contributed by atoms with van der Waals surface area (Å²) in [5.41, 5.74) is 1.02. The van der Waals surface area contributed by atoms with Crippen LogP contribution in [-0.2, 0) is 16.4 Å². The molecule has 1 fully saturated rings. The van der Waals surface area contributed by atoms with Crippen LogP contribution in [0.4, 0.5) is 0 Å². The molecule has 1 aliphatic carbocycles. The normalized spacial score (nSPS) is 23.7. The summed E-state index contributed by atoms with van der Waals surface area (Å²) in [4.78, 5) is 0.260. The molecule has 0 spiro atoms. The van der Waals surface area contributed by atoms with Gasteiger partial charge in [-0.25, -0.2) is 13.1 Å². The van der Waals surface area contributed by atoms with Crippen LogP contribution >= 0.6 is 11.6 Å². The number of nitrogens with one attached hydrogen (secondary N) is 1. The van der Waals surface area contributed by atoms with E-state index >= 15 is 0 Å². The number of aliphatic hydroxyl groups is 1. The molecule has 1 aromatic rings. The van der Waals surface area contributed by atoms with E-state index in [2.05, 4.69) is 4.72 Å². The third kappa shape index (κ3) is 4.19. The minimum Gasteiger partial charge on any atom is -0.393 e. The first kappa shape index (κ1) is 15.8. The first-order valence-electron chi connectivity index (χ1n) is 6.86. The lowest BCUT2D eigenvalue weighted by atomic mass is 9.94. The Morgan fingerprint density at radius 2 is 1.95 bits per heavy atom. The predicted molar refractivity (Wildman–Crippen MR) is 79.5 cm³/mol. The van der Waals surface area contributed by atoms with E-state index in [9.17, 15) is 13.5 Å². The smallest absolute Gasteiger partial charge is 0.240 e. The number of aryl methyl sites for hydroxylation is 1. The Kier molecular flexibility index (Phi) is 5.43. The van der Waals surface area contributed by atoms with Gasteiger partial charge >= 0.3 is 0 Å². The maximum Gasteiger partial charge on any atom is 0.240 e. The Bertz CT molecular complexity index is 530. The number of sulfonamides is 1. The van der Waals surface area contributed by atoms with E-state index in [1.165, 1.54) is 0 Å². The number of hydrogen-bond acceptors (Lipinski definition) is 3. The van der Waals surface area contributed by atoms with Crippen molar-refractivity contribution < 1.29 is 13.5 Å². The molecule has 0 bridgehead atoms. The number of benzene rings is 1. The molecule has 112 valence electrons. The highest BCUT2D eigenvalue weighted by Gasteiger charge is 2.25. The van der Waals surface area contributed by atoms with Gasteiger partial charge in [0, 0.05) is 11.9 Å². The molecule has 20 heavy (non-hydrogen) atoms. The summed E-state index contributed by atoms with van der Waals surface area (Å²) in [5, 5.41) is 9.60. The van der Waals surface area contributed by atoms with Gasteiger partial charge < -0.3 is 5.11 Å². The van der Waals surface area contributed by atoms with Gasteiger partial charge in [0.15, 0.2) is 0 Å². The summed E-state index contributed by atoms with van der Waals surface area (Å²) in [6.45, 7) is 0. The molecule has 0 amide bonds. The van der Waals surface area contributed by atoms with Gasteiger partial charge in [0.1, 0.15) is 0 Å². The number of halogens is 1. The van der Waals surface area contributed by atoms with Crippen LogP contribution in [0.1, 0.15) is 31.2 Å². The minimum atomic E-state index is -3.51. The van der Waals surface area contributed by atoms with E-state index in [0.29, 0.717) is 12.3 Å². The number of alkyl halides is 1. The van der Waals surface area contributed by atoms with Gasteiger partial charge in [-0.05, 0) is 49.8 Å². The maximum atomic E-state index is 12.3. The Morgan fingerprint density at radius 3 is 2.55 bits per heavy atom. The molecule has 2 N–H and O–H groups in total. The third-order valence-electron chi connectivity index (χ3n) is 3.59. The van der Waals surface area contributed by atoms with Crippen LogP contribution < -0.4 is 4.72 Å². The molecule has 1 aromatic carbocycles. The Morgan fingerprint density at radius 1 is 1.25 bits per heavy atom. The standard InChI is InChI=1S/C14H20ClNO3S/c15-9-8-11-4-6-14(7-5-11)20(18,19)16-12-2-1-3-13(17)10-12/h4-7,12-13,16-17H,1-3,8-10H2.